The molecule has 3 aromatic rings. The summed E-state index contributed by atoms with van der Waals surface area (Å²) in [7, 11) is 0. The van der Waals surface area contributed by atoms with Crippen molar-refractivity contribution in [3.63, 3.8) is 0 Å². The van der Waals surface area contributed by atoms with E-state index in [0.29, 0.717) is 28.5 Å². The number of nitrogens with zero attached hydrogens (tertiary/aromatic N) is 2. The Kier molecular flexibility index (Phi) is 3.75. The number of nitrogens with one attached hydrogen (secondary N) is 1. The van der Waals surface area contributed by atoms with Crippen molar-refractivity contribution in [1.82, 2.24) is 4.90 Å². The number of anilines is 2. The second-order valence-electron chi connectivity index (χ2n) is 9.36. The minimum atomic E-state index is -1.20. The summed E-state index contributed by atoms with van der Waals surface area (Å²) in [6, 6.07) is 18.6. The van der Waals surface area contributed by atoms with E-state index in [1.165, 1.54) is 4.90 Å². The summed E-state index contributed by atoms with van der Waals surface area (Å²) in [4.78, 5) is 44.9. The second kappa shape index (κ2) is 6.43. The van der Waals surface area contributed by atoms with Gasteiger partial charge in [-0.15, -0.1) is 0 Å². The quantitative estimate of drug-likeness (QED) is 0.562. The highest BCUT2D eigenvalue weighted by molar-refractivity contribution is 6.31. The summed E-state index contributed by atoms with van der Waals surface area (Å²) >= 11 is 6.34. The molecule has 3 fully saturated rings. The number of hydrogen-bond donors (Lipinski definition) is 1. The normalized spacial score (nSPS) is 30.3. The Morgan fingerprint density at radius 2 is 1.76 bits per heavy atom. The summed E-state index contributed by atoms with van der Waals surface area (Å²) in [5.41, 5.74) is 0.730. The van der Waals surface area contributed by atoms with Crippen molar-refractivity contribution in [3.05, 3.63) is 71.2 Å². The first-order valence-electron chi connectivity index (χ1n) is 11.3. The third-order valence-corrected chi connectivity index (χ3v) is 8.18. The van der Waals surface area contributed by atoms with E-state index in [9.17, 15) is 14.4 Å². The van der Waals surface area contributed by atoms with Gasteiger partial charge in [-0.05, 0) is 60.5 Å². The Morgan fingerprint density at radius 3 is 2.61 bits per heavy atom. The Bertz CT molecular complexity index is 1400. The van der Waals surface area contributed by atoms with Crippen molar-refractivity contribution in [1.29, 1.82) is 0 Å². The number of carbonyl (C=O) groups is 3. The molecule has 4 atom stereocenters. The zero-order valence-corrected chi connectivity index (χ0v) is 18.4. The number of rotatable bonds is 1. The molecule has 4 aliphatic rings. The molecule has 0 aliphatic carbocycles. The Balaban J connectivity index is 1.42. The lowest BCUT2D eigenvalue weighted by Gasteiger charge is -2.36. The fourth-order valence-electron chi connectivity index (χ4n) is 6.75. The van der Waals surface area contributed by atoms with Crippen LogP contribution in [0.4, 0.5) is 11.4 Å². The maximum absolute atomic E-state index is 14.0. The molecule has 1 N–H and O–H groups in total. The number of amides is 3. The zero-order chi connectivity index (χ0) is 22.5. The Labute approximate surface area is 195 Å². The predicted octanol–water partition coefficient (Wildman–Crippen LogP) is 3.92. The molecule has 164 valence electrons. The zero-order valence-electron chi connectivity index (χ0n) is 17.6. The van der Waals surface area contributed by atoms with Gasteiger partial charge >= 0.3 is 0 Å². The first kappa shape index (κ1) is 19.3. The first-order valence-corrected chi connectivity index (χ1v) is 11.6. The van der Waals surface area contributed by atoms with E-state index >= 15 is 0 Å². The van der Waals surface area contributed by atoms with Gasteiger partial charge < -0.3 is 5.32 Å². The lowest BCUT2D eigenvalue weighted by Crippen LogP contribution is -2.54. The Hall–Kier alpha value is -3.22. The van der Waals surface area contributed by atoms with Crippen LogP contribution >= 0.6 is 11.6 Å². The van der Waals surface area contributed by atoms with Crippen molar-refractivity contribution in [3.8, 4) is 0 Å². The van der Waals surface area contributed by atoms with Gasteiger partial charge in [-0.25, -0.2) is 4.90 Å². The van der Waals surface area contributed by atoms with Gasteiger partial charge in [-0.2, -0.15) is 0 Å². The molecule has 33 heavy (non-hydrogen) atoms. The molecular formula is C26H20ClN3O3. The molecule has 3 amide bonds. The average Bonchev–Trinajstić information content (AvgIpc) is 3.52. The van der Waals surface area contributed by atoms with E-state index in [-0.39, 0.29) is 23.8 Å². The molecule has 7 heteroatoms. The minimum absolute atomic E-state index is 0.146. The topological polar surface area (TPSA) is 69.7 Å². The number of hydrogen-bond acceptors (Lipinski definition) is 4. The Morgan fingerprint density at radius 1 is 0.939 bits per heavy atom. The van der Waals surface area contributed by atoms with Crippen molar-refractivity contribution in [2.75, 3.05) is 16.8 Å². The molecule has 0 bridgehead atoms. The molecule has 3 aromatic carbocycles. The van der Waals surface area contributed by atoms with Crippen LogP contribution in [0.25, 0.3) is 10.8 Å². The average molecular weight is 458 g/mol. The largest absolute Gasteiger partial charge is 0.324 e. The number of imide groups is 1. The number of halogens is 1. The number of benzene rings is 3. The molecule has 4 heterocycles. The van der Waals surface area contributed by atoms with Crippen molar-refractivity contribution < 1.29 is 14.4 Å². The molecular weight excluding hydrogens is 438 g/mol. The van der Waals surface area contributed by atoms with E-state index in [0.717, 1.165) is 23.6 Å². The maximum Gasteiger partial charge on any atom is 0.250 e. The highest BCUT2D eigenvalue weighted by atomic mass is 35.5. The third kappa shape index (κ3) is 2.25. The lowest BCUT2D eigenvalue weighted by molar-refractivity contribution is -0.135. The number of fused-ring (bicyclic) bond motifs is 8. The molecule has 7 rings (SSSR count). The smallest absolute Gasteiger partial charge is 0.250 e. The molecule has 6 nitrogen and oxygen atoms in total. The van der Waals surface area contributed by atoms with Gasteiger partial charge in [0, 0.05) is 22.3 Å². The summed E-state index contributed by atoms with van der Waals surface area (Å²) in [6.45, 7) is 0.674. The van der Waals surface area contributed by atoms with Crippen LogP contribution in [0.15, 0.2) is 60.7 Å². The number of carbonyl (C=O) groups excluding carboxylic acids is 3. The predicted molar refractivity (Wildman–Crippen MR) is 125 cm³/mol. The van der Waals surface area contributed by atoms with E-state index in [4.69, 9.17) is 11.6 Å². The maximum atomic E-state index is 14.0. The van der Waals surface area contributed by atoms with Crippen molar-refractivity contribution in [2.45, 2.75) is 24.4 Å². The fraction of sp³-hybridized carbons (Fsp3) is 0.269. The van der Waals surface area contributed by atoms with Crippen molar-refractivity contribution in [2.24, 2.45) is 11.8 Å². The van der Waals surface area contributed by atoms with E-state index < -0.39 is 17.4 Å². The van der Waals surface area contributed by atoms with Gasteiger partial charge in [0.2, 0.25) is 17.7 Å². The van der Waals surface area contributed by atoms with Gasteiger partial charge in [0.15, 0.2) is 0 Å². The van der Waals surface area contributed by atoms with Crippen LogP contribution in [0.1, 0.15) is 18.4 Å². The van der Waals surface area contributed by atoms with Gasteiger partial charge in [0.05, 0.1) is 17.5 Å². The van der Waals surface area contributed by atoms with Crippen LogP contribution in [0.5, 0.6) is 0 Å². The standard InChI is InChI=1S/C26H20ClN3O3/c27-16-8-10-19-18(13-16)26(25(33)28-19)22-21(20-6-3-11-29(20)26)23(31)30(24(22)32)17-9-7-14-4-1-2-5-15(14)12-17/h1-2,4-5,7-10,12-13,20-22H,3,6,11H2,(H,28,33)/t20-,21+,22-,26+/m0/s1. The second-order valence-corrected chi connectivity index (χ2v) is 9.80. The van der Waals surface area contributed by atoms with Gasteiger partial charge in [0.25, 0.3) is 0 Å². The summed E-state index contributed by atoms with van der Waals surface area (Å²) in [5.74, 6) is -2.08. The fourth-order valence-corrected chi connectivity index (χ4v) is 6.92. The van der Waals surface area contributed by atoms with Crippen LogP contribution in [0.2, 0.25) is 5.02 Å². The summed E-state index contributed by atoms with van der Waals surface area (Å²) in [5, 5.41) is 5.48. The van der Waals surface area contributed by atoms with E-state index in [2.05, 4.69) is 10.2 Å². The van der Waals surface area contributed by atoms with Gasteiger partial charge in [0.1, 0.15) is 5.54 Å². The van der Waals surface area contributed by atoms with Crippen LogP contribution in [-0.2, 0) is 19.9 Å². The lowest BCUT2D eigenvalue weighted by atomic mass is 9.75. The molecule has 0 radical (unpaired) electrons. The highest BCUT2D eigenvalue weighted by Gasteiger charge is 2.74. The molecule has 4 aliphatic heterocycles. The highest BCUT2D eigenvalue weighted by Crippen LogP contribution is 2.60. The van der Waals surface area contributed by atoms with Crippen LogP contribution in [-0.4, -0.2) is 35.2 Å². The monoisotopic (exact) mass is 457 g/mol. The van der Waals surface area contributed by atoms with Crippen LogP contribution in [0.3, 0.4) is 0 Å². The molecule has 0 aromatic heterocycles. The molecule has 0 unspecified atom stereocenters. The summed E-state index contributed by atoms with van der Waals surface area (Å²) in [6.07, 6.45) is 1.67. The third-order valence-electron chi connectivity index (χ3n) is 7.95. The molecule has 1 spiro atoms. The van der Waals surface area contributed by atoms with E-state index in [1.54, 1.807) is 18.2 Å². The van der Waals surface area contributed by atoms with Crippen molar-refractivity contribution >= 4 is 51.5 Å². The van der Waals surface area contributed by atoms with Gasteiger partial charge in [-0.3, -0.25) is 19.3 Å². The first-order chi connectivity index (χ1) is 16.0. The SMILES string of the molecule is O=C1[C@H]2[C@@H](C(=O)N1c1ccc3ccccc3c1)[C@]1(C(=O)Nc3ccc(Cl)cc31)N1CCC[C@@H]21. The van der Waals surface area contributed by atoms with Crippen LogP contribution in [0, 0.1) is 11.8 Å². The minimum Gasteiger partial charge on any atom is -0.324 e. The molecule has 0 saturated carbocycles. The van der Waals surface area contributed by atoms with Gasteiger partial charge in [-0.1, -0.05) is 41.9 Å². The molecule has 3 saturated heterocycles. The van der Waals surface area contributed by atoms with Crippen LogP contribution < -0.4 is 10.2 Å². The van der Waals surface area contributed by atoms with E-state index in [1.807, 2.05) is 42.5 Å². The summed E-state index contributed by atoms with van der Waals surface area (Å²) < 4.78 is 0.